The normalized spacial score (nSPS) is 15.8. The molecule has 1 aromatic carbocycles. The van der Waals surface area contributed by atoms with E-state index in [0.717, 1.165) is 0 Å². The second kappa shape index (κ2) is 8.11. The van der Waals surface area contributed by atoms with E-state index in [1.165, 1.54) is 13.2 Å². The van der Waals surface area contributed by atoms with E-state index >= 15 is 0 Å². The average Bonchev–Trinajstić information content (AvgIpc) is 2.59. The molecular weight excluding hydrogens is 356 g/mol. The Morgan fingerprint density at radius 2 is 1.62 bits per heavy atom. The van der Waals surface area contributed by atoms with Crippen LogP contribution in [0.2, 0.25) is 0 Å². The van der Waals surface area contributed by atoms with Crippen molar-refractivity contribution in [1.82, 2.24) is 9.62 Å². The first-order chi connectivity index (χ1) is 12.3. The van der Waals surface area contributed by atoms with Crippen molar-refractivity contribution < 1.29 is 22.7 Å². The van der Waals surface area contributed by atoms with Crippen LogP contribution in [0.25, 0.3) is 0 Å². The van der Waals surface area contributed by atoms with E-state index in [1.807, 2.05) is 0 Å². The summed E-state index contributed by atoms with van der Waals surface area (Å²) in [5.41, 5.74) is 0.257. The largest absolute Gasteiger partial charge is 0.383 e. The monoisotopic (exact) mass is 380 g/mol. The molecule has 0 radical (unpaired) electrons. The maximum Gasteiger partial charge on any atom is 0.247 e. The molecule has 0 amide bonds. The minimum absolute atomic E-state index is 0.0733. The molecule has 1 atom stereocenters. The van der Waals surface area contributed by atoms with Crippen molar-refractivity contribution in [2.45, 2.75) is 26.8 Å². The van der Waals surface area contributed by atoms with E-state index in [1.54, 1.807) is 43.9 Å². The minimum Gasteiger partial charge on any atom is -0.383 e. The van der Waals surface area contributed by atoms with Crippen LogP contribution in [0.5, 0.6) is 0 Å². The van der Waals surface area contributed by atoms with Crippen molar-refractivity contribution in [2.75, 3.05) is 26.8 Å². The number of benzene rings is 1. The lowest BCUT2D eigenvalue weighted by atomic mass is 9.92. The van der Waals surface area contributed by atoms with Gasteiger partial charge in [0.2, 0.25) is 21.6 Å². The Morgan fingerprint density at radius 3 is 2.12 bits per heavy atom. The Morgan fingerprint density at radius 1 is 1.08 bits per heavy atom. The molecule has 1 aliphatic rings. The molecule has 8 heteroatoms. The number of rotatable bonds is 8. The van der Waals surface area contributed by atoms with Crippen LogP contribution < -0.4 is 4.72 Å². The van der Waals surface area contributed by atoms with Gasteiger partial charge >= 0.3 is 0 Å². The molecule has 1 N–H and O–H groups in total. The van der Waals surface area contributed by atoms with Gasteiger partial charge in [0, 0.05) is 37.4 Å². The van der Waals surface area contributed by atoms with Crippen molar-refractivity contribution in [1.29, 1.82) is 0 Å². The summed E-state index contributed by atoms with van der Waals surface area (Å²) in [7, 11) is -2.75. The highest BCUT2D eigenvalue weighted by Crippen LogP contribution is 2.31. The number of nitrogens with zero attached hydrogens (tertiary/aromatic N) is 1. The van der Waals surface area contributed by atoms with Gasteiger partial charge in [0.15, 0.2) is 4.91 Å². The fourth-order valence-corrected chi connectivity index (χ4v) is 4.57. The molecule has 1 unspecified atom stereocenters. The average molecular weight is 380 g/mol. The SMILES string of the molecule is CCN(CC)C1=C(S(=O)(=O)NC(C)COC)C(=O)c2ccccc2C1=O. The fourth-order valence-electron chi connectivity index (χ4n) is 3.02. The number of methoxy groups -OCH3 is 1. The lowest BCUT2D eigenvalue weighted by Crippen LogP contribution is -2.43. The summed E-state index contributed by atoms with van der Waals surface area (Å²) in [6, 6.07) is 5.74. The highest BCUT2D eigenvalue weighted by atomic mass is 32.2. The maximum absolute atomic E-state index is 13.0. The number of hydrogen-bond acceptors (Lipinski definition) is 6. The summed E-state index contributed by atoms with van der Waals surface area (Å²) >= 11 is 0. The number of nitrogens with one attached hydrogen (secondary N) is 1. The number of hydrogen-bond donors (Lipinski definition) is 1. The van der Waals surface area contributed by atoms with Crippen LogP contribution >= 0.6 is 0 Å². The lowest BCUT2D eigenvalue weighted by Gasteiger charge is -2.29. The van der Waals surface area contributed by atoms with Gasteiger partial charge in [0.25, 0.3) is 0 Å². The molecule has 0 saturated heterocycles. The highest BCUT2D eigenvalue weighted by molar-refractivity contribution is 7.94. The molecular formula is C18H24N2O5S. The van der Waals surface area contributed by atoms with Crippen LogP contribution in [0.15, 0.2) is 34.9 Å². The third kappa shape index (κ3) is 3.72. The molecule has 7 nitrogen and oxygen atoms in total. The fraction of sp³-hybridized carbons (Fsp3) is 0.444. The van der Waals surface area contributed by atoms with E-state index in [-0.39, 0.29) is 23.4 Å². The van der Waals surface area contributed by atoms with Crippen molar-refractivity contribution >= 4 is 21.6 Å². The molecule has 26 heavy (non-hydrogen) atoms. The van der Waals surface area contributed by atoms with Crippen LogP contribution in [-0.4, -0.2) is 57.7 Å². The Hall–Kier alpha value is -2.03. The van der Waals surface area contributed by atoms with Gasteiger partial charge < -0.3 is 9.64 Å². The number of ketones is 2. The third-order valence-electron chi connectivity index (χ3n) is 4.17. The zero-order chi connectivity index (χ0) is 19.5. The summed E-state index contributed by atoms with van der Waals surface area (Å²) in [6.07, 6.45) is 0. The Bertz CT molecular complexity index is 841. The quantitative estimate of drug-likeness (QED) is 0.736. The summed E-state index contributed by atoms with van der Waals surface area (Å²) in [5, 5.41) is 0. The summed E-state index contributed by atoms with van der Waals surface area (Å²) in [4.78, 5) is 27.1. The molecule has 142 valence electrons. The van der Waals surface area contributed by atoms with E-state index in [0.29, 0.717) is 13.1 Å². The van der Waals surface area contributed by atoms with Gasteiger partial charge in [0.1, 0.15) is 5.70 Å². The first-order valence-corrected chi connectivity index (χ1v) is 9.95. The molecule has 0 bridgehead atoms. The molecule has 0 saturated carbocycles. The van der Waals surface area contributed by atoms with E-state index < -0.39 is 32.5 Å². The van der Waals surface area contributed by atoms with Crippen LogP contribution in [0, 0.1) is 0 Å². The van der Waals surface area contributed by atoms with Crippen LogP contribution in [-0.2, 0) is 14.8 Å². The predicted octanol–water partition coefficient (Wildman–Crippen LogP) is 1.57. The molecule has 2 rings (SSSR count). The summed E-state index contributed by atoms with van der Waals surface area (Å²) in [5.74, 6) is -1.12. The van der Waals surface area contributed by atoms with Crippen LogP contribution in [0.3, 0.4) is 0 Å². The van der Waals surface area contributed by atoms with Crippen LogP contribution in [0.1, 0.15) is 41.5 Å². The Kier molecular flexibility index (Phi) is 6.33. The first-order valence-electron chi connectivity index (χ1n) is 8.47. The highest BCUT2D eigenvalue weighted by Gasteiger charge is 2.41. The predicted molar refractivity (Wildman–Crippen MR) is 98.4 cm³/mol. The zero-order valence-electron chi connectivity index (χ0n) is 15.4. The Labute approximate surface area is 154 Å². The van der Waals surface area contributed by atoms with Gasteiger partial charge in [-0.3, -0.25) is 9.59 Å². The number of carbonyl (C=O) groups is 2. The number of allylic oxidation sites excluding steroid dienone is 2. The standard InChI is InChI=1S/C18H24N2O5S/c1-5-20(6-2)15-16(21)13-9-7-8-10-14(13)17(22)18(15)26(23,24)19-12(3)11-25-4/h7-10,12,19H,5-6,11H2,1-4H3. The number of sulfonamides is 1. The second-order valence-corrected chi connectivity index (χ2v) is 7.68. The number of ether oxygens (including phenoxy) is 1. The Balaban J connectivity index is 2.68. The number of likely N-dealkylation sites (N-methyl/N-ethyl adjacent to an activating group) is 1. The maximum atomic E-state index is 13.0. The summed E-state index contributed by atoms with van der Waals surface area (Å²) in [6.45, 7) is 6.19. The van der Waals surface area contributed by atoms with Gasteiger partial charge in [-0.25, -0.2) is 13.1 Å². The van der Waals surface area contributed by atoms with Gasteiger partial charge in [0.05, 0.1) is 6.61 Å². The number of carbonyl (C=O) groups excluding carboxylic acids is 2. The van der Waals surface area contributed by atoms with Crippen molar-refractivity contribution in [3.63, 3.8) is 0 Å². The number of Topliss-reactive ketones (excluding diaryl/α,β-unsaturated/α-hetero) is 2. The molecule has 0 aromatic heterocycles. The molecule has 0 heterocycles. The molecule has 0 aliphatic heterocycles. The van der Waals surface area contributed by atoms with E-state index in [9.17, 15) is 18.0 Å². The minimum atomic E-state index is -4.21. The van der Waals surface area contributed by atoms with Gasteiger partial charge in [-0.05, 0) is 20.8 Å². The van der Waals surface area contributed by atoms with Crippen molar-refractivity contribution in [2.24, 2.45) is 0 Å². The number of fused-ring (bicyclic) bond motifs is 1. The third-order valence-corrected chi connectivity index (χ3v) is 5.80. The molecule has 1 aliphatic carbocycles. The van der Waals surface area contributed by atoms with E-state index in [2.05, 4.69) is 4.72 Å². The van der Waals surface area contributed by atoms with Crippen molar-refractivity contribution in [3.8, 4) is 0 Å². The topological polar surface area (TPSA) is 92.8 Å². The molecule has 0 fully saturated rings. The molecule has 1 aromatic rings. The van der Waals surface area contributed by atoms with Gasteiger partial charge in [-0.1, -0.05) is 24.3 Å². The first kappa shape index (κ1) is 20.3. The molecule has 0 spiro atoms. The van der Waals surface area contributed by atoms with Gasteiger partial charge in [-0.2, -0.15) is 0 Å². The smallest absolute Gasteiger partial charge is 0.247 e. The lowest BCUT2D eigenvalue weighted by molar-refractivity contribution is 0.0949. The van der Waals surface area contributed by atoms with E-state index in [4.69, 9.17) is 4.74 Å². The summed E-state index contributed by atoms with van der Waals surface area (Å²) < 4.78 is 33.3. The second-order valence-electron chi connectivity index (χ2n) is 6.03. The zero-order valence-corrected chi connectivity index (χ0v) is 16.2. The van der Waals surface area contributed by atoms with Crippen molar-refractivity contribution in [3.05, 3.63) is 46.0 Å². The van der Waals surface area contributed by atoms with Crippen LogP contribution in [0.4, 0.5) is 0 Å². The van der Waals surface area contributed by atoms with Gasteiger partial charge in [-0.15, -0.1) is 0 Å².